The van der Waals surface area contributed by atoms with E-state index < -0.39 is 0 Å². The number of pyridine rings is 1. The van der Waals surface area contributed by atoms with Crippen LogP contribution in [0.2, 0.25) is 0 Å². The lowest BCUT2D eigenvalue weighted by Gasteiger charge is -2.32. The lowest BCUT2D eigenvalue weighted by molar-refractivity contribution is 0.0675. The highest BCUT2D eigenvalue weighted by Gasteiger charge is 2.24. The van der Waals surface area contributed by atoms with E-state index in [0.29, 0.717) is 24.2 Å². The third-order valence-electron chi connectivity index (χ3n) is 7.86. The maximum absolute atomic E-state index is 13.4. The first-order chi connectivity index (χ1) is 18.1. The average molecular weight is 500 g/mol. The summed E-state index contributed by atoms with van der Waals surface area (Å²) in [4.78, 5) is 31.7. The number of aryl methyl sites for hydroxylation is 1. The number of carbonyl (C=O) groups is 1. The number of amides is 1. The number of carbonyl (C=O) groups excluding carboxylic acids is 1. The summed E-state index contributed by atoms with van der Waals surface area (Å²) in [6, 6.07) is 14.7. The summed E-state index contributed by atoms with van der Waals surface area (Å²) in [6.07, 6.45) is 5.21. The minimum atomic E-state index is -0.153. The van der Waals surface area contributed by atoms with Gasteiger partial charge in [-0.05, 0) is 55.9 Å². The zero-order chi connectivity index (χ0) is 25.4. The maximum atomic E-state index is 13.4. The van der Waals surface area contributed by atoms with Crippen molar-refractivity contribution in [2.45, 2.75) is 51.2 Å². The molecule has 2 saturated heterocycles. The van der Waals surface area contributed by atoms with Crippen LogP contribution in [0.15, 0.2) is 53.5 Å². The summed E-state index contributed by atoms with van der Waals surface area (Å²) >= 11 is 0. The Kier molecular flexibility index (Phi) is 6.52. The van der Waals surface area contributed by atoms with E-state index in [1.54, 1.807) is 6.20 Å². The Bertz CT molecular complexity index is 1480. The summed E-state index contributed by atoms with van der Waals surface area (Å²) < 4.78 is 7.50. The smallest absolute Gasteiger partial charge is 0.259 e. The second-order valence-electron chi connectivity index (χ2n) is 10.4. The van der Waals surface area contributed by atoms with Crippen LogP contribution in [0.3, 0.4) is 0 Å². The van der Waals surface area contributed by atoms with E-state index in [4.69, 9.17) is 4.74 Å². The number of likely N-dealkylation sites (tertiary alicyclic amines) is 1. The number of hydrogen-bond donors (Lipinski definition) is 2. The van der Waals surface area contributed by atoms with Crippen LogP contribution in [-0.4, -0.2) is 57.9 Å². The summed E-state index contributed by atoms with van der Waals surface area (Å²) in [5.41, 5.74) is 4.19. The van der Waals surface area contributed by atoms with Gasteiger partial charge in [0.15, 0.2) is 0 Å². The average Bonchev–Trinajstić information content (AvgIpc) is 3.37. The largest absolute Gasteiger partial charge is 0.381 e. The summed E-state index contributed by atoms with van der Waals surface area (Å²) in [7, 11) is 0. The van der Waals surface area contributed by atoms with E-state index in [-0.39, 0.29) is 23.6 Å². The van der Waals surface area contributed by atoms with Crippen LogP contribution >= 0.6 is 0 Å². The molecule has 37 heavy (non-hydrogen) atoms. The second-order valence-corrected chi connectivity index (χ2v) is 10.4. The minimum Gasteiger partial charge on any atom is -0.381 e. The molecule has 2 aliphatic rings. The fraction of sp³-hybridized carbons (Fsp3) is 0.414. The molecule has 0 unspecified atom stereocenters. The van der Waals surface area contributed by atoms with Crippen LogP contribution in [-0.2, 0) is 11.3 Å². The highest BCUT2D eigenvalue weighted by molar-refractivity contribution is 6.07. The number of rotatable bonds is 5. The Hall–Kier alpha value is -3.49. The molecule has 4 aromatic rings. The van der Waals surface area contributed by atoms with Crippen LogP contribution in [0.25, 0.3) is 21.8 Å². The van der Waals surface area contributed by atoms with Gasteiger partial charge in [0, 0.05) is 49.8 Å². The predicted octanol–water partition coefficient (Wildman–Crippen LogP) is 3.93. The fourth-order valence-corrected chi connectivity index (χ4v) is 5.79. The van der Waals surface area contributed by atoms with Crippen LogP contribution in [0, 0.1) is 6.92 Å². The Morgan fingerprint density at radius 1 is 1.08 bits per heavy atom. The zero-order valence-electron chi connectivity index (χ0n) is 21.2. The van der Waals surface area contributed by atoms with Gasteiger partial charge < -0.3 is 15.0 Å². The van der Waals surface area contributed by atoms with Gasteiger partial charge in [0.2, 0.25) is 0 Å². The molecule has 0 radical (unpaired) electrons. The van der Waals surface area contributed by atoms with Gasteiger partial charge in [-0.15, -0.1) is 0 Å². The molecule has 2 aliphatic heterocycles. The number of benzene rings is 2. The first-order valence-electron chi connectivity index (χ1n) is 13.3. The van der Waals surface area contributed by atoms with E-state index in [0.717, 1.165) is 67.3 Å². The Balaban J connectivity index is 1.23. The highest BCUT2D eigenvalue weighted by atomic mass is 16.5. The van der Waals surface area contributed by atoms with Gasteiger partial charge in [-0.1, -0.05) is 30.3 Å². The summed E-state index contributed by atoms with van der Waals surface area (Å²) in [5.74, 6) is -0.0580. The molecular weight excluding hydrogens is 466 g/mol. The van der Waals surface area contributed by atoms with Crippen molar-refractivity contribution in [3.63, 3.8) is 0 Å². The molecule has 0 aliphatic carbocycles. The molecule has 2 N–H and O–H groups in total. The van der Waals surface area contributed by atoms with Crippen molar-refractivity contribution in [3.8, 4) is 0 Å². The molecule has 1 amide bonds. The molecule has 0 saturated carbocycles. The Morgan fingerprint density at radius 2 is 1.84 bits per heavy atom. The number of hydrogen-bond acceptors (Lipinski definition) is 5. The molecule has 8 heteroatoms. The molecule has 2 aromatic heterocycles. The molecule has 4 heterocycles. The molecular formula is C29H33N5O3. The van der Waals surface area contributed by atoms with Crippen molar-refractivity contribution in [3.05, 3.63) is 75.7 Å². The zero-order valence-corrected chi connectivity index (χ0v) is 21.2. The van der Waals surface area contributed by atoms with Crippen molar-refractivity contribution < 1.29 is 9.53 Å². The first-order valence-corrected chi connectivity index (χ1v) is 13.3. The number of ether oxygens (including phenoxy) is 1. The summed E-state index contributed by atoms with van der Waals surface area (Å²) in [5, 5.41) is 9.28. The van der Waals surface area contributed by atoms with Crippen LogP contribution in [0.4, 0.5) is 0 Å². The quantitative estimate of drug-likeness (QED) is 0.434. The molecule has 2 aromatic carbocycles. The Morgan fingerprint density at radius 3 is 2.59 bits per heavy atom. The monoisotopic (exact) mass is 499 g/mol. The van der Waals surface area contributed by atoms with Crippen LogP contribution in [0.1, 0.15) is 53.2 Å². The predicted molar refractivity (Wildman–Crippen MR) is 144 cm³/mol. The third-order valence-corrected chi connectivity index (χ3v) is 7.86. The number of piperidine rings is 1. The lowest BCUT2D eigenvalue weighted by Crippen LogP contribution is -2.44. The van der Waals surface area contributed by atoms with Gasteiger partial charge in [-0.2, -0.15) is 5.10 Å². The SMILES string of the molecule is Cc1cc2[nH]c(=O)c3cnn(C4CCOCC4)c3c2cc1C(=O)NC1CCN(Cc2ccccc2)CC1. The standard InChI is InChI=1S/C29H33N5O3/c1-19-15-26-24(27-25(29(36)32-26)17-30-34(27)22-9-13-37-14-10-22)16-23(19)28(35)31-21-7-11-33(12-8-21)18-20-5-3-2-4-6-20/h2-6,15-17,21-22H,7-14,18H2,1H3,(H,31,35)(H,32,36). The molecule has 0 atom stereocenters. The van der Waals surface area contributed by atoms with E-state index in [1.807, 2.05) is 29.8 Å². The van der Waals surface area contributed by atoms with Crippen molar-refractivity contribution in [2.24, 2.45) is 0 Å². The molecule has 8 nitrogen and oxygen atoms in total. The molecule has 0 spiro atoms. The number of nitrogens with zero attached hydrogens (tertiary/aromatic N) is 3. The van der Waals surface area contributed by atoms with E-state index in [9.17, 15) is 9.59 Å². The first kappa shape index (κ1) is 23.9. The number of nitrogens with one attached hydrogen (secondary N) is 2. The normalized spacial score (nSPS) is 18.0. The van der Waals surface area contributed by atoms with Gasteiger partial charge >= 0.3 is 0 Å². The van der Waals surface area contributed by atoms with Crippen molar-refractivity contribution in [2.75, 3.05) is 26.3 Å². The number of aromatic amines is 1. The number of fused-ring (bicyclic) bond motifs is 3. The van der Waals surface area contributed by atoms with Gasteiger partial charge in [0.05, 0.1) is 28.7 Å². The molecule has 192 valence electrons. The third kappa shape index (κ3) is 4.79. The maximum Gasteiger partial charge on any atom is 0.259 e. The van der Waals surface area contributed by atoms with Crippen molar-refractivity contribution in [1.29, 1.82) is 0 Å². The van der Waals surface area contributed by atoms with Crippen molar-refractivity contribution >= 4 is 27.7 Å². The topological polar surface area (TPSA) is 92.2 Å². The van der Waals surface area contributed by atoms with E-state index >= 15 is 0 Å². The van der Waals surface area contributed by atoms with Gasteiger partial charge in [0.1, 0.15) is 0 Å². The van der Waals surface area contributed by atoms with Crippen molar-refractivity contribution in [1.82, 2.24) is 25.0 Å². The molecule has 6 rings (SSSR count). The van der Waals surface area contributed by atoms with E-state index in [1.165, 1.54) is 5.56 Å². The molecule has 2 fully saturated rings. The van der Waals surface area contributed by atoms with Gasteiger partial charge in [-0.25, -0.2) is 0 Å². The summed E-state index contributed by atoms with van der Waals surface area (Å²) in [6.45, 7) is 6.16. The molecule has 0 bridgehead atoms. The van der Waals surface area contributed by atoms with E-state index in [2.05, 4.69) is 44.6 Å². The van der Waals surface area contributed by atoms with Crippen LogP contribution < -0.4 is 10.9 Å². The van der Waals surface area contributed by atoms with Gasteiger partial charge in [-0.3, -0.25) is 19.2 Å². The second kappa shape index (κ2) is 10.1. The number of aromatic nitrogens is 3. The lowest BCUT2D eigenvalue weighted by atomic mass is 10.00. The van der Waals surface area contributed by atoms with Crippen LogP contribution in [0.5, 0.6) is 0 Å². The fourth-order valence-electron chi connectivity index (χ4n) is 5.79. The highest BCUT2D eigenvalue weighted by Crippen LogP contribution is 2.30. The number of H-pyrrole nitrogens is 1. The van der Waals surface area contributed by atoms with Gasteiger partial charge in [0.25, 0.3) is 11.5 Å². The Labute approximate surface area is 215 Å². The minimum absolute atomic E-state index is 0.0580.